The molecule has 0 radical (unpaired) electrons. The molecule has 196 valence electrons. The second kappa shape index (κ2) is 13.5. The molecule has 0 aliphatic rings. The lowest BCUT2D eigenvalue weighted by molar-refractivity contribution is -0.123. The van der Waals surface area contributed by atoms with E-state index in [0.29, 0.717) is 27.2 Å². The first-order valence-electron chi connectivity index (χ1n) is 11.5. The summed E-state index contributed by atoms with van der Waals surface area (Å²) >= 11 is 2.04. The van der Waals surface area contributed by atoms with E-state index >= 15 is 0 Å². The first kappa shape index (κ1) is 27.8. The van der Waals surface area contributed by atoms with Crippen LogP contribution in [0.15, 0.2) is 47.7 Å². The van der Waals surface area contributed by atoms with Crippen molar-refractivity contribution < 1.29 is 28.6 Å². The summed E-state index contributed by atoms with van der Waals surface area (Å²) in [6.07, 6.45) is 2.77. The number of alkyl carbamates (subject to hydrolysis) is 1. The smallest absolute Gasteiger partial charge is 0.407 e. The van der Waals surface area contributed by atoms with Gasteiger partial charge in [0.05, 0.1) is 23.0 Å². The number of nitrogens with zero attached hydrogens (tertiary/aromatic N) is 1. The number of ether oxygens (including phenoxy) is 3. The highest BCUT2D eigenvalue weighted by molar-refractivity contribution is 14.1. The second-order valence-corrected chi connectivity index (χ2v) is 8.90. The predicted octanol–water partition coefficient (Wildman–Crippen LogP) is 2.84. The van der Waals surface area contributed by atoms with E-state index in [4.69, 9.17) is 19.9 Å². The van der Waals surface area contributed by atoms with E-state index in [-0.39, 0.29) is 19.6 Å². The Morgan fingerprint density at radius 1 is 1.16 bits per heavy atom. The number of hydrogen-bond acceptors (Lipinski definition) is 7. The molecule has 0 aliphatic heterocycles. The molecule has 12 heteroatoms. The molecule has 0 bridgehead atoms. The van der Waals surface area contributed by atoms with Gasteiger partial charge in [-0.25, -0.2) is 10.2 Å². The lowest BCUT2D eigenvalue weighted by atomic mass is 10.0. The number of fused-ring (bicyclic) bond motifs is 1. The van der Waals surface area contributed by atoms with Crippen LogP contribution in [0.3, 0.4) is 0 Å². The summed E-state index contributed by atoms with van der Waals surface area (Å²) in [7, 11) is 0. The predicted molar refractivity (Wildman–Crippen MR) is 147 cm³/mol. The minimum atomic E-state index is -0.931. The molecule has 2 aromatic carbocycles. The lowest BCUT2D eigenvalue weighted by Gasteiger charge is -2.16. The summed E-state index contributed by atoms with van der Waals surface area (Å²) in [6, 6.07) is 10.2. The van der Waals surface area contributed by atoms with E-state index in [2.05, 4.69) is 20.8 Å². The number of aromatic nitrogens is 1. The first-order chi connectivity index (χ1) is 17.8. The Hall–Kier alpha value is -3.81. The van der Waals surface area contributed by atoms with Crippen LogP contribution in [0.1, 0.15) is 25.0 Å². The number of carbonyl (C=O) groups is 3. The molecule has 0 fully saturated rings. The minimum absolute atomic E-state index is 0.172. The number of aromatic amines is 1. The van der Waals surface area contributed by atoms with Gasteiger partial charge in [0, 0.05) is 23.5 Å². The van der Waals surface area contributed by atoms with E-state index in [1.165, 1.54) is 6.21 Å². The number of hydrogen-bond donors (Lipinski definition) is 4. The molecule has 1 aromatic heterocycles. The zero-order chi connectivity index (χ0) is 26.8. The quantitative estimate of drug-likeness (QED) is 0.138. The van der Waals surface area contributed by atoms with E-state index in [1.807, 2.05) is 53.8 Å². The SMILES string of the molecule is CCOC(=O)N[C@H](Cc1c[nH]c2ccccc12)C(=O)N/N=C\c1cc(I)c(OCC(N)=O)c(OCC)c1. The third kappa shape index (κ3) is 7.84. The Balaban J connectivity index is 1.76. The molecule has 3 amide bonds. The standard InChI is InChI=1S/C25H28IN5O6/c1-3-35-21-10-15(9-18(26)23(21)37-14-22(27)32)12-29-31-24(33)20(30-25(34)36-4-2)11-16-13-28-19-8-6-5-7-17(16)19/h5-10,12-13,20,28H,3-4,11,14H2,1-2H3,(H2,27,32)(H,30,34)(H,31,33)/b29-12-/t20-/m1/s1. The largest absolute Gasteiger partial charge is 0.490 e. The zero-order valence-corrected chi connectivity index (χ0v) is 22.5. The molecule has 11 nitrogen and oxygen atoms in total. The highest BCUT2D eigenvalue weighted by Crippen LogP contribution is 2.33. The van der Waals surface area contributed by atoms with E-state index in [0.717, 1.165) is 16.5 Å². The maximum atomic E-state index is 13.0. The van der Waals surface area contributed by atoms with Crippen LogP contribution in [0.5, 0.6) is 11.5 Å². The van der Waals surface area contributed by atoms with Gasteiger partial charge in [-0.2, -0.15) is 5.10 Å². The Labute approximate surface area is 227 Å². The molecule has 3 rings (SSSR count). The molecule has 1 heterocycles. The van der Waals surface area contributed by atoms with Crippen LogP contribution in [0.4, 0.5) is 4.79 Å². The molecule has 0 spiro atoms. The molecule has 1 atom stereocenters. The molecular formula is C25H28IN5O6. The van der Waals surface area contributed by atoms with Gasteiger partial charge in [-0.15, -0.1) is 0 Å². The number of halogens is 1. The fraction of sp³-hybridized carbons (Fsp3) is 0.280. The van der Waals surface area contributed by atoms with Gasteiger partial charge in [-0.1, -0.05) is 18.2 Å². The van der Waals surface area contributed by atoms with Crippen molar-refractivity contribution >= 4 is 57.6 Å². The zero-order valence-electron chi connectivity index (χ0n) is 20.4. The van der Waals surface area contributed by atoms with Gasteiger partial charge in [0.25, 0.3) is 11.8 Å². The molecular weight excluding hydrogens is 593 g/mol. The lowest BCUT2D eigenvalue weighted by Crippen LogP contribution is -2.47. The average Bonchev–Trinajstić information content (AvgIpc) is 3.26. The van der Waals surface area contributed by atoms with Crippen LogP contribution in [0.25, 0.3) is 10.9 Å². The number of hydrazone groups is 1. The maximum absolute atomic E-state index is 13.0. The molecule has 0 aliphatic carbocycles. The van der Waals surface area contributed by atoms with Crippen LogP contribution in [0, 0.1) is 3.57 Å². The van der Waals surface area contributed by atoms with E-state index in [1.54, 1.807) is 25.3 Å². The summed E-state index contributed by atoms with van der Waals surface area (Å²) in [6.45, 7) is 3.75. The minimum Gasteiger partial charge on any atom is -0.490 e. The summed E-state index contributed by atoms with van der Waals surface area (Å²) < 4.78 is 16.7. The number of amides is 3. The molecule has 0 saturated carbocycles. The molecule has 3 aromatic rings. The van der Waals surface area contributed by atoms with Crippen molar-refractivity contribution in [2.24, 2.45) is 10.8 Å². The van der Waals surface area contributed by atoms with Crippen molar-refractivity contribution in [2.75, 3.05) is 19.8 Å². The Morgan fingerprint density at radius 2 is 1.95 bits per heavy atom. The van der Waals surface area contributed by atoms with Gasteiger partial charge in [-0.3, -0.25) is 9.59 Å². The highest BCUT2D eigenvalue weighted by Gasteiger charge is 2.23. The Morgan fingerprint density at radius 3 is 2.68 bits per heavy atom. The van der Waals surface area contributed by atoms with Gasteiger partial charge >= 0.3 is 6.09 Å². The molecule has 5 N–H and O–H groups in total. The number of H-pyrrole nitrogens is 1. The second-order valence-electron chi connectivity index (χ2n) is 7.73. The van der Waals surface area contributed by atoms with Crippen molar-refractivity contribution in [2.45, 2.75) is 26.3 Å². The maximum Gasteiger partial charge on any atom is 0.407 e. The van der Waals surface area contributed by atoms with Crippen LogP contribution in [-0.2, 0) is 20.7 Å². The number of nitrogens with one attached hydrogen (secondary N) is 3. The van der Waals surface area contributed by atoms with Gasteiger partial charge < -0.3 is 30.2 Å². The molecule has 0 saturated heterocycles. The summed E-state index contributed by atoms with van der Waals surface area (Å²) in [5, 5.41) is 7.60. The monoisotopic (exact) mass is 621 g/mol. The highest BCUT2D eigenvalue weighted by atomic mass is 127. The van der Waals surface area contributed by atoms with Crippen molar-refractivity contribution in [1.82, 2.24) is 15.7 Å². The Bertz CT molecular complexity index is 1290. The number of primary amides is 1. The first-order valence-corrected chi connectivity index (χ1v) is 12.6. The summed E-state index contributed by atoms with van der Waals surface area (Å²) in [5.41, 5.74) is 10.1. The fourth-order valence-electron chi connectivity index (χ4n) is 3.50. The summed E-state index contributed by atoms with van der Waals surface area (Å²) in [4.78, 5) is 39.3. The third-order valence-corrected chi connectivity index (χ3v) is 5.86. The normalized spacial score (nSPS) is 11.8. The number of nitrogens with two attached hydrogens (primary N) is 1. The summed E-state index contributed by atoms with van der Waals surface area (Å²) in [5.74, 6) is -0.328. The average molecular weight is 621 g/mol. The Kier molecular flexibility index (Phi) is 10.1. The number of para-hydroxylation sites is 1. The molecule has 37 heavy (non-hydrogen) atoms. The van der Waals surface area contributed by atoms with Gasteiger partial charge in [0.2, 0.25) is 0 Å². The topological polar surface area (TPSA) is 157 Å². The van der Waals surface area contributed by atoms with Crippen molar-refractivity contribution in [3.05, 3.63) is 57.3 Å². The van der Waals surface area contributed by atoms with E-state index in [9.17, 15) is 14.4 Å². The van der Waals surface area contributed by atoms with Crippen LogP contribution in [-0.4, -0.2) is 55.0 Å². The number of carbonyl (C=O) groups excluding carboxylic acids is 3. The number of rotatable bonds is 12. The van der Waals surface area contributed by atoms with Crippen molar-refractivity contribution in [3.8, 4) is 11.5 Å². The van der Waals surface area contributed by atoms with Gasteiger partial charge in [0.15, 0.2) is 18.1 Å². The fourth-order valence-corrected chi connectivity index (χ4v) is 4.28. The van der Waals surface area contributed by atoms with Gasteiger partial charge in [-0.05, 0) is 65.8 Å². The van der Waals surface area contributed by atoms with E-state index < -0.39 is 23.9 Å². The van der Waals surface area contributed by atoms with Crippen molar-refractivity contribution in [3.63, 3.8) is 0 Å². The van der Waals surface area contributed by atoms with Crippen LogP contribution < -0.4 is 25.9 Å². The molecule has 0 unspecified atom stereocenters. The van der Waals surface area contributed by atoms with Crippen LogP contribution >= 0.6 is 22.6 Å². The van der Waals surface area contributed by atoms with Crippen molar-refractivity contribution in [1.29, 1.82) is 0 Å². The van der Waals surface area contributed by atoms with Crippen LogP contribution in [0.2, 0.25) is 0 Å². The number of benzene rings is 2. The third-order valence-electron chi connectivity index (χ3n) is 5.06. The van der Waals surface area contributed by atoms with Gasteiger partial charge in [0.1, 0.15) is 6.04 Å².